The lowest BCUT2D eigenvalue weighted by atomic mass is 9.99. The van der Waals surface area contributed by atoms with Gasteiger partial charge in [-0.1, -0.05) is 60.7 Å². The number of H-pyrrole nitrogens is 1. The van der Waals surface area contributed by atoms with Gasteiger partial charge in [0.1, 0.15) is 0 Å². The summed E-state index contributed by atoms with van der Waals surface area (Å²) in [6.45, 7) is 0. The summed E-state index contributed by atoms with van der Waals surface area (Å²) >= 11 is 0. The Labute approximate surface area is 118 Å². The maximum absolute atomic E-state index is 3.99. The van der Waals surface area contributed by atoms with Crippen LogP contribution in [-0.4, -0.2) is 10.2 Å². The predicted octanol–water partition coefficient (Wildman–Crippen LogP) is 3.81. The van der Waals surface area contributed by atoms with Gasteiger partial charge in [0.25, 0.3) is 0 Å². The number of anilines is 1. The van der Waals surface area contributed by atoms with Crippen molar-refractivity contribution < 1.29 is 0 Å². The van der Waals surface area contributed by atoms with Crippen LogP contribution < -0.4 is 5.32 Å². The minimum absolute atomic E-state index is 0.233. The molecule has 0 saturated heterocycles. The maximum Gasteiger partial charge on any atom is 0.0728 e. The first kappa shape index (κ1) is 12.5. The Bertz CT molecular complexity index is 618. The Hall–Kier alpha value is -2.55. The first-order chi connectivity index (χ1) is 9.92. The van der Waals surface area contributed by atoms with Crippen molar-refractivity contribution in [2.75, 3.05) is 5.32 Å². The highest BCUT2D eigenvalue weighted by Gasteiger charge is 2.12. The summed E-state index contributed by atoms with van der Waals surface area (Å²) in [5.74, 6) is 0. The first-order valence-electron chi connectivity index (χ1n) is 6.76. The zero-order valence-corrected chi connectivity index (χ0v) is 11.2. The zero-order chi connectivity index (χ0) is 13.6. The number of hydrogen-bond donors (Lipinski definition) is 2. The van der Waals surface area contributed by atoms with Gasteiger partial charge in [0.2, 0.25) is 0 Å². The summed E-state index contributed by atoms with van der Waals surface area (Å²) < 4.78 is 0. The molecule has 3 rings (SSSR count). The van der Waals surface area contributed by atoms with Gasteiger partial charge in [0.05, 0.1) is 17.9 Å². The molecular formula is C17H17N3. The summed E-state index contributed by atoms with van der Waals surface area (Å²) in [5.41, 5.74) is 3.60. The van der Waals surface area contributed by atoms with Gasteiger partial charge in [0.15, 0.2) is 0 Å². The summed E-state index contributed by atoms with van der Waals surface area (Å²) in [7, 11) is 0. The second-order valence-corrected chi connectivity index (χ2v) is 4.78. The van der Waals surface area contributed by atoms with Crippen LogP contribution in [0.15, 0.2) is 73.1 Å². The van der Waals surface area contributed by atoms with Gasteiger partial charge in [-0.05, 0) is 17.5 Å². The zero-order valence-electron chi connectivity index (χ0n) is 11.2. The van der Waals surface area contributed by atoms with Gasteiger partial charge in [-0.3, -0.25) is 5.10 Å². The lowest BCUT2D eigenvalue weighted by Gasteiger charge is -2.19. The number of aromatic nitrogens is 2. The molecule has 1 unspecified atom stereocenters. The molecule has 2 N–H and O–H groups in total. The number of hydrogen-bond acceptors (Lipinski definition) is 2. The molecule has 0 amide bonds. The van der Waals surface area contributed by atoms with Crippen LogP contribution >= 0.6 is 0 Å². The lowest BCUT2D eigenvalue weighted by Crippen LogP contribution is -2.13. The van der Waals surface area contributed by atoms with Crippen molar-refractivity contribution in [1.29, 1.82) is 0 Å². The highest BCUT2D eigenvalue weighted by molar-refractivity contribution is 5.42. The highest BCUT2D eigenvalue weighted by Crippen LogP contribution is 2.22. The number of nitrogens with one attached hydrogen (secondary N) is 2. The van der Waals surface area contributed by atoms with Crippen molar-refractivity contribution in [2.24, 2.45) is 0 Å². The second kappa shape index (κ2) is 6.06. The third-order valence-electron chi connectivity index (χ3n) is 3.32. The van der Waals surface area contributed by atoms with E-state index >= 15 is 0 Å². The Kier molecular flexibility index (Phi) is 3.78. The molecule has 3 nitrogen and oxygen atoms in total. The van der Waals surface area contributed by atoms with E-state index in [1.807, 2.05) is 18.3 Å². The summed E-state index contributed by atoms with van der Waals surface area (Å²) in [6.07, 6.45) is 4.62. The maximum atomic E-state index is 3.99. The van der Waals surface area contributed by atoms with Crippen molar-refractivity contribution in [1.82, 2.24) is 10.2 Å². The molecule has 2 aromatic carbocycles. The Morgan fingerprint density at radius 3 is 2.30 bits per heavy atom. The van der Waals surface area contributed by atoms with Crippen molar-refractivity contribution in [3.8, 4) is 0 Å². The first-order valence-corrected chi connectivity index (χ1v) is 6.76. The fraction of sp³-hybridized carbons (Fsp3) is 0.118. The third-order valence-corrected chi connectivity index (χ3v) is 3.32. The van der Waals surface area contributed by atoms with Crippen LogP contribution in [0.1, 0.15) is 17.2 Å². The van der Waals surface area contributed by atoms with Gasteiger partial charge in [-0.2, -0.15) is 5.10 Å². The van der Waals surface area contributed by atoms with E-state index in [-0.39, 0.29) is 6.04 Å². The molecule has 1 aromatic heterocycles. The van der Waals surface area contributed by atoms with E-state index in [9.17, 15) is 0 Å². The van der Waals surface area contributed by atoms with E-state index in [2.05, 4.69) is 64.0 Å². The van der Waals surface area contributed by atoms with Crippen LogP contribution in [0.5, 0.6) is 0 Å². The van der Waals surface area contributed by atoms with Gasteiger partial charge < -0.3 is 5.32 Å². The van der Waals surface area contributed by atoms with E-state index in [4.69, 9.17) is 0 Å². The fourth-order valence-corrected chi connectivity index (χ4v) is 2.32. The largest absolute Gasteiger partial charge is 0.375 e. The molecule has 0 spiro atoms. The van der Waals surface area contributed by atoms with Gasteiger partial charge >= 0.3 is 0 Å². The summed E-state index contributed by atoms with van der Waals surface area (Å²) in [5, 5.41) is 10.4. The molecule has 0 bridgehead atoms. The molecule has 1 atom stereocenters. The normalized spacial score (nSPS) is 12.0. The minimum Gasteiger partial charge on any atom is -0.375 e. The van der Waals surface area contributed by atoms with E-state index < -0.39 is 0 Å². The van der Waals surface area contributed by atoms with Crippen LogP contribution in [0.4, 0.5) is 5.69 Å². The molecule has 20 heavy (non-hydrogen) atoms. The van der Waals surface area contributed by atoms with Gasteiger partial charge in [0, 0.05) is 6.20 Å². The summed E-state index contributed by atoms with van der Waals surface area (Å²) in [4.78, 5) is 0. The van der Waals surface area contributed by atoms with Crippen LogP contribution in [0.3, 0.4) is 0 Å². The molecule has 0 fully saturated rings. The molecule has 3 heteroatoms. The van der Waals surface area contributed by atoms with Gasteiger partial charge in [-0.15, -0.1) is 0 Å². The summed E-state index contributed by atoms with van der Waals surface area (Å²) in [6, 6.07) is 21.3. The van der Waals surface area contributed by atoms with Crippen molar-refractivity contribution in [3.05, 3.63) is 84.2 Å². The molecule has 0 aliphatic heterocycles. The Morgan fingerprint density at radius 2 is 1.65 bits per heavy atom. The molecule has 100 valence electrons. The standard InChI is InChI=1S/C17H17N3/c1-3-7-14(8-4-1)11-17(15-9-5-2-6-10-15)20-16-12-18-19-13-16/h1-10,12-13,17,20H,11H2,(H,18,19). The minimum atomic E-state index is 0.233. The lowest BCUT2D eigenvalue weighted by molar-refractivity contribution is 0.776. The van der Waals surface area contributed by atoms with Crippen LogP contribution in [0.25, 0.3) is 0 Å². The number of rotatable bonds is 5. The molecule has 0 radical (unpaired) electrons. The predicted molar refractivity (Wildman–Crippen MR) is 81.5 cm³/mol. The quantitative estimate of drug-likeness (QED) is 0.735. The monoisotopic (exact) mass is 263 g/mol. The van der Waals surface area contributed by atoms with E-state index in [0.29, 0.717) is 0 Å². The Balaban J connectivity index is 1.83. The Morgan fingerprint density at radius 1 is 0.950 bits per heavy atom. The molecule has 0 saturated carbocycles. The molecule has 1 heterocycles. The molecular weight excluding hydrogens is 246 g/mol. The van der Waals surface area contributed by atoms with E-state index in [0.717, 1.165) is 12.1 Å². The molecule has 0 aliphatic carbocycles. The average Bonchev–Trinajstić information content (AvgIpc) is 3.02. The second-order valence-electron chi connectivity index (χ2n) is 4.78. The number of aromatic amines is 1. The molecule has 0 aliphatic rings. The molecule has 3 aromatic rings. The smallest absolute Gasteiger partial charge is 0.0728 e. The number of benzene rings is 2. The van der Waals surface area contributed by atoms with Crippen molar-refractivity contribution in [3.63, 3.8) is 0 Å². The van der Waals surface area contributed by atoms with Crippen LogP contribution in [0, 0.1) is 0 Å². The highest BCUT2D eigenvalue weighted by atomic mass is 15.1. The van der Waals surface area contributed by atoms with Crippen LogP contribution in [0.2, 0.25) is 0 Å². The van der Waals surface area contributed by atoms with E-state index in [1.54, 1.807) is 6.20 Å². The van der Waals surface area contributed by atoms with Crippen molar-refractivity contribution >= 4 is 5.69 Å². The SMILES string of the molecule is c1ccc(CC(Nc2cn[nH]c2)c2ccccc2)cc1. The van der Waals surface area contributed by atoms with Crippen LogP contribution in [-0.2, 0) is 6.42 Å². The average molecular weight is 263 g/mol. The number of nitrogens with zero attached hydrogens (tertiary/aromatic N) is 1. The fourth-order valence-electron chi connectivity index (χ4n) is 2.32. The third kappa shape index (κ3) is 3.06. The topological polar surface area (TPSA) is 40.7 Å². The van der Waals surface area contributed by atoms with Gasteiger partial charge in [-0.25, -0.2) is 0 Å². The van der Waals surface area contributed by atoms with Crippen molar-refractivity contribution in [2.45, 2.75) is 12.5 Å². The van der Waals surface area contributed by atoms with E-state index in [1.165, 1.54) is 11.1 Å².